The highest BCUT2D eigenvalue weighted by atomic mass is 16.6. The van der Waals surface area contributed by atoms with E-state index in [1.54, 1.807) is 6.20 Å². The van der Waals surface area contributed by atoms with E-state index >= 15 is 0 Å². The van der Waals surface area contributed by atoms with Gasteiger partial charge in [0.05, 0.1) is 4.92 Å². The van der Waals surface area contributed by atoms with Gasteiger partial charge in [-0.1, -0.05) is 5.57 Å². The fraction of sp³-hybridized carbons (Fsp3) is 0.300. The molecule has 0 saturated carbocycles. The van der Waals surface area contributed by atoms with Crippen LogP contribution in [-0.2, 0) is 0 Å². The number of nitro groups is 1. The van der Waals surface area contributed by atoms with Crippen LogP contribution in [0.4, 0.5) is 11.5 Å². The van der Waals surface area contributed by atoms with Crippen LogP contribution >= 0.6 is 0 Å². The van der Waals surface area contributed by atoms with Crippen molar-refractivity contribution in [2.24, 2.45) is 0 Å². The predicted molar refractivity (Wildman–Crippen MR) is 57.1 cm³/mol. The van der Waals surface area contributed by atoms with E-state index < -0.39 is 4.92 Å². The standard InChI is InChI=1S/C10H11N3O2/c1-6-2-3-8(6)7-4-9(13(14)15)10(11)12-5-7/h4-5H,2-3H2,1H3,(H2,11,12). The molecule has 2 rings (SSSR count). The zero-order valence-corrected chi connectivity index (χ0v) is 8.36. The van der Waals surface area contributed by atoms with Crippen LogP contribution in [0.2, 0.25) is 0 Å². The number of nitrogens with zero attached hydrogens (tertiary/aromatic N) is 2. The van der Waals surface area contributed by atoms with Crippen molar-refractivity contribution in [1.82, 2.24) is 4.98 Å². The molecule has 5 nitrogen and oxygen atoms in total. The summed E-state index contributed by atoms with van der Waals surface area (Å²) in [4.78, 5) is 14.0. The molecule has 15 heavy (non-hydrogen) atoms. The maximum atomic E-state index is 10.7. The average molecular weight is 205 g/mol. The van der Waals surface area contributed by atoms with Crippen molar-refractivity contribution < 1.29 is 4.92 Å². The molecule has 1 aliphatic carbocycles. The molecule has 0 aliphatic heterocycles. The molecule has 0 fully saturated rings. The molecule has 0 spiro atoms. The Kier molecular flexibility index (Phi) is 2.15. The molecule has 2 N–H and O–H groups in total. The van der Waals surface area contributed by atoms with Crippen LogP contribution in [-0.4, -0.2) is 9.91 Å². The lowest BCUT2D eigenvalue weighted by Crippen LogP contribution is -2.04. The van der Waals surface area contributed by atoms with Crippen LogP contribution < -0.4 is 5.73 Å². The average Bonchev–Trinajstić information content (AvgIpc) is 2.18. The van der Waals surface area contributed by atoms with E-state index in [9.17, 15) is 10.1 Å². The first-order valence-corrected chi connectivity index (χ1v) is 4.68. The van der Waals surface area contributed by atoms with E-state index in [2.05, 4.69) is 4.98 Å². The first kappa shape index (κ1) is 9.64. The fourth-order valence-corrected chi connectivity index (χ4v) is 1.67. The van der Waals surface area contributed by atoms with Gasteiger partial charge in [-0.2, -0.15) is 0 Å². The number of anilines is 1. The van der Waals surface area contributed by atoms with E-state index in [-0.39, 0.29) is 11.5 Å². The SMILES string of the molecule is CC1=C(c2cnc(N)c([N+](=O)[O-])c2)CC1. The molecule has 0 unspecified atom stereocenters. The van der Waals surface area contributed by atoms with Crippen LogP contribution in [0.1, 0.15) is 25.3 Å². The minimum atomic E-state index is -0.500. The number of nitrogen functional groups attached to an aromatic ring is 1. The van der Waals surface area contributed by atoms with E-state index in [0.29, 0.717) is 0 Å². The Morgan fingerprint density at radius 3 is 2.73 bits per heavy atom. The van der Waals surface area contributed by atoms with Gasteiger partial charge >= 0.3 is 5.69 Å². The van der Waals surface area contributed by atoms with Crippen molar-refractivity contribution in [3.05, 3.63) is 33.5 Å². The van der Waals surface area contributed by atoms with Gasteiger partial charge in [0.25, 0.3) is 0 Å². The summed E-state index contributed by atoms with van der Waals surface area (Å²) in [6, 6.07) is 1.50. The highest BCUT2D eigenvalue weighted by Crippen LogP contribution is 2.37. The van der Waals surface area contributed by atoms with Crippen molar-refractivity contribution >= 4 is 17.1 Å². The quantitative estimate of drug-likeness (QED) is 0.592. The lowest BCUT2D eigenvalue weighted by atomic mass is 9.85. The summed E-state index contributed by atoms with van der Waals surface area (Å²) in [7, 11) is 0. The van der Waals surface area contributed by atoms with Gasteiger partial charge in [0.1, 0.15) is 0 Å². The summed E-state index contributed by atoms with van der Waals surface area (Å²) in [6.45, 7) is 2.03. The zero-order valence-electron chi connectivity index (χ0n) is 8.36. The second-order valence-corrected chi connectivity index (χ2v) is 3.64. The third-order valence-corrected chi connectivity index (χ3v) is 2.71. The molecule has 5 heteroatoms. The van der Waals surface area contributed by atoms with Gasteiger partial charge < -0.3 is 5.73 Å². The van der Waals surface area contributed by atoms with E-state index in [1.807, 2.05) is 6.92 Å². The Hall–Kier alpha value is -1.91. The summed E-state index contributed by atoms with van der Waals surface area (Å²) in [5.74, 6) is -0.0265. The van der Waals surface area contributed by atoms with Gasteiger partial charge in [0.15, 0.2) is 0 Å². The molecule has 0 bridgehead atoms. The number of allylic oxidation sites excluding steroid dienone is 2. The number of rotatable bonds is 2. The summed E-state index contributed by atoms with van der Waals surface area (Å²) < 4.78 is 0. The van der Waals surface area contributed by atoms with Crippen LogP contribution in [0.25, 0.3) is 5.57 Å². The van der Waals surface area contributed by atoms with Crippen LogP contribution in [0.15, 0.2) is 17.8 Å². The molecule has 78 valence electrons. The van der Waals surface area contributed by atoms with Crippen molar-refractivity contribution in [3.63, 3.8) is 0 Å². The van der Waals surface area contributed by atoms with Crippen LogP contribution in [0, 0.1) is 10.1 Å². The lowest BCUT2D eigenvalue weighted by molar-refractivity contribution is -0.384. The molecule has 0 amide bonds. The summed E-state index contributed by atoms with van der Waals surface area (Å²) >= 11 is 0. The Labute approximate surface area is 86.8 Å². The Morgan fingerprint density at radius 1 is 1.53 bits per heavy atom. The summed E-state index contributed by atoms with van der Waals surface area (Å²) in [5, 5.41) is 10.7. The number of nitrogens with two attached hydrogens (primary N) is 1. The van der Waals surface area contributed by atoms with Crippen LogP contribution in [0.3, 0.4) is 0 Å². The summed E-state index contributed by atoms with van der Waals surface area (Å²) in [5.41, 5.74) is 8.56. The van der Waals surface area contributed by atoms with E-state index in [1.165, 1.54) is 11.6 Å². The van der Waals surface area contributed by atoms with Crippen molar-refractivity contribution in [2.45, 2.75) is 19.8 Å². The van der Waals surface area contributed by atoms with Gasteiger partial charge in [0, 0.05) is 17.8 Å². The molecule has 1 heterocycles. The molecule has 1 aliphatic rings. The number of hydrogen-bond donors (Lipinski definition) is 1. The fourth-order valence-electron chi connectivity index (χ4n) is 1.67. The van der Waals surface area contributed by atoms with Gasteiger partial charge in [-0.05, 0) is 25.3 Å². The summed E-state index contributed by atoms with van der Waals surface area (Å²) in [6.07, 6.45) is 3.63. The third-order valence-electron chi connectivity index (χ3n) is 2.71. The maximum Gasteiger partial charge on any atom is 0.311 e. The molecule has 0 radical (unpaired) electrons. The monoisotopic (exact) mass is 205 g/mol. The second kappa shape index (κ2) is 3.34. The number of pyridine rings is 1. The van der Waals surface area contributed by atoms with Crippen molar-refractivity contribution in [1.29, 1.82) is 0 Å². The highest BCUT2D eigenvalue weighted by molar-refractivity contribution is 5.75. The van der Waals surface area contributed by atoms with Gasteiger partial charge in [-0.25, -0.2) is 4.98 Å². The smallest absolute Gasteiger partial charge is 0.311 e. The Morgan fingerprint density at radius 2 is 2.27 bits per heavy atom. The lowest BCUT2D eigenvalue weighted by Gasteiger charge is -2.20. The minimum absolute atomic E-state index is 0.0265. The minimum Gasteiger partial charge on any atom is -0.378 e. The van der Waals surface area contributed by atoms with Gasteiger partial charge in [-0.15, -0.1) is 0 Å². The van der Waals surface area contributed by atoms with Gasteiger partial charge in [0.2, 0.25) is 5.82 Å². The predicted octanol–water partition coefficient (Wildman–Crippen LogP) is 2.14. The molecule has 0 aromatic carbocycles. The normalized spacial score (nSPS) is 15.0. The second-order valence-electron chi connectivity index (χ2n) is 3.64. The van der Waals surface area contributed by atoms with Crippen molar-refractivity contribution in [3.8, 4) is 0 Å². The molecule has 0 saturated heterocycles. The van der Waals surface area contributed by atoms with Gasteiger partial charge in [-0.3, -0.25) is 10.1 Å². The third kappa shape index (κ3) is 1.56. The molecular weight excluding hydrogens is 194 g/mol. The maximum absolute atomic E-state index is 10.7. The first-order chi connectivity index (χ1) is 7.09. The largest absolute Gasteiger partial charge is 0.378 e. The van der Waals surface area contributed by atoms with Crippen LogP contribution in [0.5, 0.6) is 0 Å². The number of aromatic nitrogens is 1. The number of hydrogen-bond acceptors (Lipinski definition) is 4. The molecule has 1 aromatic heterocycles. The highest BCUT2D eigenvalue weighted by Gasteiger charge is 2.19. The van der Waals surface area contributed by atoms with E-state index in [0.717, 1.165) is 24.0 Å². The molecular formula is C10H11N3O2. The molecule has 0 atom stereocenters. The zero-order chi connectivity index (χ0) is 11.0. The first-order valence-electron chi connectivity index (χ1n) is 4.68. The topological polar surface area (TPSA) is 82.0 Å². The Bertz CT molecular complexity index is 466. The van der Waals surface area contributed by atoms with Crippen molar-refractivity contribution in [2.75, 3.05) is 5.73 Å². The van der Waals surface area contributed by atoms with E-state index in [4.69, 9.17) is 5.73 Å². The molecule has 1 aromatic rings. The Balaban J connectivity index is 2.48.